The smallest absolute Gasteiger partial charge is 0.239 e. The van der Waals surface area contributed by atoms with E-state index in [0.717, 1.165) is 0 Å². The van der Waals surface area contributed by atoms with Gasteiger partial charge in [-0.1, -0.05) is 17.8 Å². The third-order valence-corrected chi connectivity index (χ3v) is 3.28. The second-order valence-electron chi connectivity index (χ2n) is 3.63. The Kier molecular flexibility index (Phi) is 3.99. The average molecular weight is 263 g/mol. The number of thioether (sulfide) groups is 1. The molecule has 1 aromatic heterocycles. The van der Waals surface area contributed by atoms with Gasteiger partial charge in [0.15, 0.2) is 5.17 Å². The van der Waals surface area contributed by atoms with Crippen LogP contribution in [0.1, 0.15) is 12.7 Å². The predicted molar refractivity (Wildman–Crippen MR) is 72.7 cm³/mol. The van der Waals surface area contributed by atoms with Crippen LogP contribution in [0.25, 0.3) is 0 Å². The molecule has 1 aromatic rings. The topological polar surface area (TPSA) is 58.2 Å². The molecule has 0 bridgehead atoms. The van der Waals surface area contributed by atoms with Crippen molar-refractivity contribution in [2.75, 3.05) is 12.3 Å². The fourth-order valence-corrected chi connectivity index (χ4v) is 2.27. The maximum absolute atomic E-state index is 11.6. The summed E-state index contributed by atoms with van der Waals surface area (Å²) in [6, 6.07) is 3.60. The van der Waals surface area contributed by atoms with E-state index < -0.39 is 0 Å². The highest BCUT2D eigenvalue weighted by Gasteiger charge is 2.27. The van der Waals surface area contributed by atoms with Crippen LogP contribution in [0.5, 0.6) is 0 Å². The van der Waals surface area contributed by atoms with Crippen LogP contribution in [0, 0.1) is 0 Å². The lowest BCUT2D eigenvalue weighted by Gasteiger charge is -2.11. The van der Waals surface area contributed by atoms with Gasteiger partial charge >= 0.3 is 0 Å². The van der Waals surface area contributed by atoms with Gasteiger partial charge in [0.05, 0.1) is 12.0 Å². The molecule has 2 heterocycles. The highest BCUT2D eigenvalue weighted by molar-refractivity contribution is 8.15. The van der Waals surface area contributed by atoms with E-state index in [0.29, 0.717) is 28.9 Å². The van der Waals surface area contributed by atoms with Crippen molar-refractivity contribution in [2.45, 2.75) is 6.92 Å². The molecule has 1 saturated heterocycles. The molecule has 2 rings (SSSR count). The molecule has 0 aromatic carbocycles. The van der Waals surface area contributed by atoms with Gasteiger partial charge in [-0.05, 0) is 19.1 Å². The monoisotopic (exact) mass is 263 g/mol. The van der Waals surface area contributed by atoms with E-state index in [4.69, 9.17) is 4.42 Å². The Morgan fingerprint density at radius 1 is 1.72 bits per heavy atom. The highest BCUT2D eigenvalue weighted by Crippen LogP contribution is 2.19. The van der Waals surface area contributed by atoms with Gasteiger partial charge < -0.3 is 4.42 Å². The molecule has 0 unspecified atom stereocenters. The van der Waals surface area contributed by atoms with E-state index in [1.54, 1.807) is 23.3 Å². The summed E-state index contributed by atoms with van der Waals surface area (Å²) in [7, 11) is 0. The molecule has 0 radical (unpaired) electrons. The SMILES string of the molecule is C=CCN1C(=O)CS/C1=N/N=C(/C)c1ccco1. The number of rotatable bonds is 4. The second kappa shape index (κ2) is 5.68. The Balaban J connectivity index is 2.15. The molecule has 1 aliphatic heterocycles. The Morgan fingerprint density at radius 3 is 3.22 bits per heavy atom. The number of furan rings is 1. The van der Waals surface area contributed by atoms with Gasteiger partial charge in [-0.15, -0.1) is 16.8 Å². The number of carbonyl (C=O) groups excluding carboxylic acids is 1. The first-order valence-electron chi connectivity index (χ1n) is 5.42. The largest absolute Gasteiger partial charge is 0.463 e. The first kappa shape index (κ1) is 12.6. The average Bonchev–Trinajstić information content (AvgIpc) is 2.99. The van der Waals surface area contributed by atoms with Gasteiger partial charge in [-0.2, -0.15) is 0 Å². The minimum Gasteiger partial charge on any atom is -0.463 e. The summed E-state index contributed by atoms with van der Waals surface area (Å²) in [6.45, 7) is 5.89. The summed E-state index contributed by atoms with van der Waals surface area (Å²) >= 11 is 1.38. The molecule has 1 aliphatic rings. The second-order valence-corrected chi connectivity index (χ2v) is 4.57. The summed E-state index contributed by atoms with van der Waals surface area (Å²) < 4.78 is 5.20. The molecule has 0 aliphatic carbocycles. The number of amidine groups is 1. The lowest BCUT2D eigenvalue weighted by Crippen LogP contribution is -2.29. The first-order chi connectivity index (χ1) is 8.72. The lowest BCUT2D eigenvalue weighted by molar-refractivity contribution is -0.123. The van der Waals surface area contributed by atoms with Crippen molar-refractivity contribution in [3.8, 4) is 0 Å². The van der Waals surface area contributed by atoms with Crippen LogP contribution in [0.4, 0.5) is 0 Å². The summed E-state index contributed by atoms with van der Waals surface area (Å²) in [4.78, 5) is 13.1. The summed E-state index contributed by atoms with van der Waals surface area (Å²) in [5, 5.41) is 8.77. The van der Waals surface area contributed by atoms with E-state index in [2.05, 4.69) is 16.8 Å². The molecular weight excluding hydrogens is 250 g/mol. The molecule has 0 saturated carbocycles. The maximum atomic E-state index is 11.6. The van der Waals surface area contributed by atoms with Gasteiger partial charge in [-0.25, -0.2) is 0 Å². The van der Waals surface area contributed by atoms with E-state index in [-0.39, 0.29) is 5.91 Å². The van der Waals surface area contributed by atoms with Crippen LogP contribution in [-0.4, -0.2) is 34.0 Å². The molecule has 1 amide bonds. The molecular formula is C12H13N3O2S. The van der Waals surface area contributed by atoms with Crippen LogP contribution in [0.2, 0.25) is 0 Å². The summed E-state index contributed by atoms with van der Waals surface area (Å²) in [5.41, 5.74) is 0.672. The quantitative estimate of drug-likeness (QED) is 0.475. The van der Waals surface area contributed by atoms with Crippen molar-refractivity contribution in [3.05, 3.63) is 36.8 Å². The number of hydrogen-bond acceptors (Lipinski definition) is 5. The van der Waals surface area contributed by atoms with E-state index in [1.807, 2.05) is 13.0 Å². The number of amides is 1. The molecule has 0 spiro atoms. The number of hydrogen-bond donors (Lipinski definition) is 0. The Hall–Kier alpha value is -1.82. The number of carbonyl (C=O) groups is 1. The van der Waals surface area contributed by atoms with Gasteiger partial charge in [0.25, 0.3) is 0 Å². The fourth-order valence-electron chi connectivity index (χ4n) is 1.43. The normalized spacial score (nSPS) is 18.7. The van der Waals surface area contributed by atoms with Crippen molar-refractivity contribution < 1.29 is 9.21 Å². The molecule has 1 fully saturated rings. The van der Waals surface area contributed by atoms with Gasteiger partial charge in [0.1, 0.15) is 11.5 Å². The molecule has 6 heteroatoms. The van der Waals surface area contributed by atoms with Crippen molar-refractivity contribution in [2.24, 2.45) is 10.2 Å². The summed E-state index contributed by atoms with van der Waals surface area (Å²) in [6.07, 6.45) is 3.25. The van der Waals surface area contributed by atoms with Crippen molar-refractivity contribution in [3.63, 3.8) is 0 Å². The minimum atomic E-state index is 0.0319. The van der Waals surface area contributed by atoms with Crippen LogP contribution < -0.4 is 0 Å². The third-order valence-electron chi connectivity index (χ3n) is 2.33. The van der Waals surface area contributed by atoms with Crippen molar-refractivity contribution in [1.29, 1.82) is 0 Å². The zero-order valence-electron chi connectivity index (χ0n) is 10.00. The highest BCUT2D eigenvalue weighted by atomic mass is 32.2. The molecule has 94 valence electrons. The molecule has 5 nitrogen and oxygen atoms in total. The first-order valence-corrected chi connectivity index (χ1v) is 6.41. The third kappa shape index (κ3) is 2.70. The Bertz CT molecular complexity index is 505. The zero-order valence-corrected chi connectivity index (χ0v) is 10.8. The van der Waals surface area contributed by atoms with Gasteiger partial charge in [0.2, 0.25) is 5.91 Å². The van der Waals surface area contributed by atoms with Crippen LogP contribution >= 0.6 is 11.8 Å². The van der Waals surface area contributed by atoms with E-state index in [1.165, 1.54) is 11.8 Å². The standard InChI is InChI=1S/C12H13N3O2S/c1-3-6-15-11(16)8-18-12(15)14-13-9(2)10-5-4-7-17-10/h3-5,7H,1,6,8H2,2H3/b13-9-,14-12+. The van der Waals surface area contributed by atoms with Gasteiger partial charge in [0, 0.05) is 6.54 Å². The Morgan fingerprint density at radius 2 is 2.56 bits per heavy atom. The van der Waals surface area contributed by atoms with Crippen LogP contribution in [0.15, 0.2) is 45.7 Å². The molecule has 0 atom stereocenters. The Labute approximate surface area is 109 Å². The predicted octanol–water partition coefficient (Wildman–Crippen LogP) is 2.12. The van der Waals surface area contributed by atoms with Crippen molar-refractivity contribution >= 4 is 28.5 Å². The fraction of sp³-hybridized carbons (Fsp3) is 0.250. The van der Waals surface area contributed by atoms with Crippen LogP contribution in [0.3, 0.4) is 0 Å². The van der Waals surface area contributed by atoms with E-state index >= 15 is 0 Å². The minimum absolute atomic E-state index is 0.0319. The zero-order chi connectivity index (χ0) is 13.0. The maximum Gasteiger partial charge on any atom is 0.239 e. The molecule has 0 N–H and O–H groups in total. The van der Waals surface area contributed by atoms with Gasteiger partial charge in [-0.3, -0.25) is 9.69 Å². The lowest BCUT2D eigenvalue weighted by atomic mass is 10.3. The van der Waals surface area contributed by atoms with Crippen LogP contribution in [-0.2, 0) is 4.79 Å². The van der Waals surface area contributed by atoms with Crippen molar-refractivity contribution in [1.82, 2.24) is 4.90 Å². The summed E-state index contributed by atoms with van der Waals surface area (Å²) in [5.74, 6) is 1.11. The van der Waals surface area contributed by atoms with E-state index in [9.17, 15) is 4.79 Å². The number of nitrogens with zero attached hydrogens (tertiary/aromatic N) is 3. The molecule has 18 heavy (non-hydrogen) atoms.